The molecule has 0 aliphatic rings. The summed E-state index contributed by atoms with van der Waals surface area (Å²) in [4.78, 5) is 29.4. The first kappa shape index (κ1) is 20.4. The van der Waals surface area contributed by atoms with Gasteiger partial charge < -0.3 is 14.3 Å². The average molecular weight is 448 g/mol. The lowest BCUT2D eigenvalue weighted by Crippen LogP contribution is -2.28. The lowest BCUT2D eigenvalue weighted by Gasteiger charge is -2.07. The van der Waals surface area contributed by atoms with E-state index in [1.165, 1.54) is 40.2 Å². The quantitative estimate of drug-likeness (QED) is 0.406. The highest BCUT2D eigenvalue weighted by atomic mass is 19.1. The number of carbonyl (C=O) groups excluding carboxylic acids is 1. The number of nitrogens with one attached hydrogen (secondary N) is 1. The minimum absolute atomic E-state index is 0.0629. The van der Waals surface area contributed by atoms with Crippen LogP contribution in [-0.2, 0) is 13.1 Å². The number of rotatable bonds is 7. The van der Waals surface area contributed by atoms with Crippen LogP contribution in [0.15, 0.2) is 75.0 Å². The Bertz CT molecular complexity index is 1480. The number of fused-ring (bicyclic) bond motifs is 1. The zero-order valence-corrected chi connectivity index (χ0v) is 17.1. The van der Waals surface area contributed by atoms with Crippen LogP contribution < -0.4 is 10.9 Å². The van der Waals surface area contributed by atoms with E-state index >= 15 is 0 Å². The Morgan fingerprint density at radius 1 is 1.15 bits per heavy atom. The van der Waals surface area contributed by atoms with Gasteiger partial charge in [-0.2, -0.15) is 5.10 Å². The van der Waals surface area contributed by atoms with Crippen LogP contribution in [0.5, 0.6) is 0 Å². The zero-order valence-electron chi connectivity index (χ0n) is 17.1. The van der Waals surface area contributed by atoms with E-state index < -0.39 is 5.91 Å². The Hall–Kier alpha value is -4.54. The topological polar surface area (TPSA) is 121 Å². The Morgan fingerprint density at radius 2 is 2.03 bits per heavy atom. The van der Waals surface area contributed by atoms with E-state index in [0.717, 1.165) is 0 Å². The molecule has 0 bridgehead atoms. The fourth-order valence-corrected chi connectivity index (χ4v) is 3.37. The molecule has 0 atom stereocenters. The predicted molar refractivity (Wildman–Crippen MR) is 114 cm³/mol. The second-order valence-electron chi connectivity index (χ2n) is 7.18. The van der Waals surface area contributed by atoms with Gasteiger partial charge >= 0.3 is 0 Å². The standard InChI is InChI=1S/C22H17FN6O4/c23-16-5-2-1-4-14(16)12-28-13-25-20-15(22(28)31)11-26-29(20)8-7-24-21(30)17-10-19(33-27-17)18-6-3-9-32-18/h1-6,9-11,13H,7-8,12H2,(H,24,30). The summed E-state index contributed by atoms with van der Waals surface area (Å²) in [5, 5.41) is 11.0. The summed E-state index contributed by atoms with van der Waals surface area (Å²) in [5.74, 6) is 0.00271. The molecule has 0 saturated carbocycles. The van der Waals surface area contributed by atoms with E-state index in [4.69, 9.17) is 8.94 Å². The molecule has 0 saturated heterocycles. The van der Waals surface area contributed by atoms with Crippen molar-refractivity contribution in [2.45, 2.75) is 13.1 Å². The van der Waals surface area contributed by atoms with Crippen molar-refractivity contribution in [2.24, 2.45) is 0 Å². The number of nitrogens with zero attached hydrogens (tertiary/aromatic N) is 5. The summed E-state index contributed by atoms with van der Waals surface area (Å²) < 4.78 is 27.1. The molecule has 33 heavy (non-hydrogen) atoms. The molecule has 166 valence electrons. The van der Waals surface area contributed by atoms with Gasteiger partial charge in [-0.05, 0) is 18.2 Å². The van der Waals surface area contributed by atoms with Gasteiger partial charge in [0.2, 0.25) is 5.76 Å². The summed E-state index contributed by atoms with van der Waals surface area (Å²) in [6.45, 7) is 0.563. The molecular formula is C22H17FN6O4. The average Bonchev–Trinajstić information content (AvgIpc) is 3.58. The Balaban J connectivity index is 1.25. The van der Waals surface area contributed by atoms with Crippen molar-refractivity contribution in [1.82, 2.24) is 29.8 Å². The van der Waals surface area contributed by atoms with E-state index in [1.54, 1.807) is 30.3 Å². The van der Waals surface area contributed by atoms with Crippen LogP contribution in [0, 0.1) is 5.82 Å². The second kappa shape index (κ2) is 8.54. The van der Waals surface area contributed by atoms with Crippen LogP contribution in [0.3, 0.4) is 0 Å². The number of amides is 1. The summed E-state index contributed by atoms with van der Waals surface area (Å²) in [5.41, 5.74) is 0.548. The molecule has 0 fully saturated rings. The fraction of sp³-hybridized carbons (Fsp3) is 0.136. The predicted octanol–water partition coefficient (Wildman–Crippen LogP) is 2.46. The normalized spacial score (nSPS) is 11.2. The third kappa shape index (κ3) is 4.03. The minimum Gasteiger partial charge on any atom is -0.461 e. The maximum absolute atomic E-state index is 13.9. The minimum atomic E-state index is -0.423. The molecule has 0 aliphatic carbocycles. The van der Waals surface area contributed by atoms with Gasteiger partial charge in [-0.25, -0.2) is 14.1 Å². The van der Waals surface area contributed by atoms with E-state index in [2.05, 4.69) is 20.6 Å². The first-order valence-corrected chi connectivity index (χ1v) is 10.0. The molecular weight excluding hydrogens is 431 g/mol. The lowest BCUT2D eigenvalue weighted by molar-refractivity contribution is 0.0943. The number of hydrogen-bond donors (Lipinski definition) is 1. The third-order valence-corrected chi connectivity index (χ3v) is 5.04. The summed E-state index contributed by atoms with van der Waals surface area (Å²) in [7, 11) is 0. The van der Waals surface area contributed by atoms with Crippen molar-refractivity contribution < 1.29 is 18.1 Å². The van der Waals surface area contributed by atoms with Crippen molar-refractivity contribution in [3.63, 3.8) is 0 Å². The Kier molecular flexibility index (Phi) is 5.27. The van der Waals surface area contributed by atoms with Gasteiger partial charge in [-0.15, -0.1) is 0 Å². The molecule has 5 aromatic rings. The van der Waals surface area contributed by atoms with Crippen molar-refractivity contribution in [1.29, 1.82) is 0 Å². The highest BCUT2D eigenvalue weighted by Crippen LogP contribution is 2.20. The van der Waals surface area contributed by atoms with Crippen LogP contribution in [0.2, 0.25) is 0 Å². The molecule has 1 amide bonds. The Labute approximate surface area is 185 Å². The highest BCUT2D eigenvalue weighted by molar-refractivity contribution is 5.92. The number of halogens is 1. The van der Waals surface area contributed by atoms with Crippen LogP contribution in [0.25, 0.3) is 22.6 Å². The van der Waals surface area contributed by atoms with E-state index in [0.29, 0.717) is 28.1 Å². The maximum Gasteiger partial charge on any atom is 0.273 e. The molecule has 11 heteroatoms. The van der Waals surface area contributed by atoms with E-state index in [1.807, 2.05) is 0 Å². The fourth-order valence-electron chi connectivity index (χ4n) is 3.37. The Morgan fingerprint density at radius 3 is 2.85 bits per heavy atom. The van der Waals surface area contributed by atoms with Crippen molar-refractivity contribution >= 4 is 16.9 Å². The molecule has 10 nitrogen and oxygen atoms in total. The highest BCUT2D eigenvalue weighted by Gasteiger charge is 2.16. The molecule has 0 aliphatic heterocycles. The number of furan rings is 1. The number of aromatic nitrogens is 5. The van der Waals surface area contributed by atoms with Gasteiger partial charge in [0.05, 0.1) is 25.5 Å². The largest absolute Gasteiger partial charge is 0.461 e. The molecule has 4 heterocycles. The summed E-state index contributed by atoms with van der Waals surface area (Å²) >= 11 is 0. The van der Waals surface area contributed by atoms with Gasteiger partial charge in [-0.3, -0.25) is 14.2 Å². The van der Waals surface area contributed by atoms with Crippen molar-refractivity contribution in [3.05, 3.63) is 88.7 Å². The van der Waals surface area contributed by atoms with Gasteiger partial charge in [0.1, 0.15) is 17.5 Å². The van der Waals surface area contributed by atoms with Gasteiger partial charge in [0.15, 0.2) is 17.1 Å². The first-order valence-electron chi connectivity index (χ1n) is 10.0. The SMILES string of the molecule is O=C(NCCn1ncc2c(=O)n(Cc3ccccc3F)cnc21)c1cc(-c2ccco2)on1. The van der Waals surface area contributed by atoms with Crippen LogP contribution in [0.4, 0.5) is 4.39 Å². The van der Waals surface area contributed by atoms with Crippen LogP contribution in [0.1, 0.15) is 16.1 Å². The number of carbonyl (C=O) groups is 1. The van der Waals surface area contributed by atoms with Gasteiger partial charge in [0.25, 0.3) is 11.5 Å². The molecule has 1 aromatic carbocycles. The second-order valence-corrected chi connectivity index (χ2v) is 7.18. The molecule has 0 spiro atoms. The number of hydrogen-bond acceptors (Lipinski definition) is 7. The van der Waals surface area contributed by atoms with Crippen LogP contribution in [-0.4, -0.2) is 36.9 Å². The lowest BCUT2D eigenvalue weighted by atomic mass is 10.2. The molecule has 4 aromatic heterocycles. The molecule has 5 rings (SSSR count). The summed E-state index contributed by atoms with van der Waals surface area (Å²) in [6, 6.07) is 11.1. The molecule has 0 unspecified atom stereocenters. The van der Waals surface area contributed by atoms with Crippen molar-refractivity contribution in [3.8, 4) is 11.5 Å². The molecule has 1 N–H and O–H groups in total. The van der Waals surface area contributed by atoms with Crippen LogP contribution >= 0.6 is 0 Å². The zero-order chi connectivity index (χ0) is 22.8. The first-order chi connectivity index (χ1) is 16.1. The summed E-state index contributed by atoms with van der Waals surface area (Å²) in [6.07, 6.45) is 4.27. The van der Waals surface area contributed by atoms with Crippen molar-refractivity contribution in [2.75, 3.05) is 6.54 Å². The van der Waals surface area contributed by atoms with Gasteiger partial charge in [-0.1, -0.05) is 23.4 Å². The van der Waals surface area contributed by atoms with E-state index in [-0.39, 0.29) is 36.7 Å². The monoisotopic (exact) mass is 448 g/mol. The van der Waals surface area contributed by atoms with Gasteiger partial charge in [0, 0.05) is 18.2 Å². The smallest absolute Gasteiger partial charge is 0.273 e. The molecule has 0 radical (unpaired) electrons. The maximum atomic E-state index is 13.9. The third-order valence-electron chi connectivity index (χ3n) is 5.04. The number of benzene rings is 1. The van der Waals surface area contributed by atoms with E-state index in [9.17, 15) is 14.0 Å².